The van der Waals surface area contributed by atoms with Crippen LogP contribution in [-0.4, -0.2) is 41.1 Å². The fraction of sp³-hybridized carbons (Fsp3) is 0.909. The Balaban J connectivity index is 2.31. The topological polar surface area (TPSA) is 74.7 Å². The van der Waals surface area contributed by atoms with Gasteiger partial charge < -0.3 is 5.11 Å². The minimum Gasteiger partial charge on any atom is -0.480 e. The molecule has 1 aliphatic heterocycles. The van der Waals surface area contributed by atoms with Gasteiger partial charge in [-0.15, -0.1) is 0 Å². The number of carboxylic acids is 1. The van der Waals surface area contributed by atoms with Crippen molar-refractivity contribution in [1.82, 2.24) is 4.31 Å². The molecular formula is C11H19NO4S. The number of piperidine rings is 1. The number of nitrogens with zero attached hydrogens (tertiary/aromatic N) is 1. The normalized spacial score (nSPS) is 32.1. The summed E-state index contributed by atoms with van der Waals surface area (Å²) in [5, 5.41) is 8.95. The van der Waals surface area contributed by atoms with Crippen molar-refractivity contribution < 1.29 is 18.3 Å². The first-order valence-electron chi connectivity index (χ1n) is 6.14. The van der Waals surface area contributed by atoms with E-state index in [0.717, 1.165) is 19.3 Å². The van der Waals surface area contributed by atoms with Crippen LogP contribution in [0.1, 0.15) is 45.4 Å². The quantitative estimate of drug-likeness (QED) is 0.828. The Morgan fingerprint density at radius 3 is 2.41 bits per heavy atom. The summed E-state index contributed by atoms with van der Waals surface area (Å²) < 4.78 is 25.9. The lowest BCUT2D eigenvalue weighted by molar-refractivity contribution is -0.149. The molecule has 2 aliphatic rings. The van der Waals surface area contributed by atoms with Crippen LogP contribution in [0.15, 0.2) is 0 Å². The Morgan fingerprint density at radius 2 is 1.94 bits per heavy atom. The second-order valence-corrected chi connectivity index (χ2v) is 7.34. The highest BCUT2D eigenvalue weighted by Crippen LogP contribution is 2.36. The highest BCUT2D eigenvalue weighted by molar-refractivity contribution is 7.89. The maximum absolute atomic E-state index is 12.4. The van der Waals surface area contributed by atoms with Crippen molar-refractivity contribution in [2.75, 3.05) is 6.54 Å². The zero-order valence-corrected chi connectivity index (χ0v) is 10.9. The summed E-state index contributed by atoms with van der Waals surface area (Å²) in [4.78, 5) is 11.4. The molecule has 2 fully saturated rings. The van der Waals surface area contributed by atoms with Crippen LogP contribution < -0.4 is 0 Å². The Bertz CT molecular complexity index is 415. The Kier molecular flexibility index (Phi) is 3.20. The lowest BCUT2D eigenvalue weighted by Crippen LogP contribution is -2.59. The Hall–Kier alpha value is -0.620. The first-order valence-corrected chi connectivity index (χ1v) is 7.64. The molecule has 1 aliphatic carbocycles. The summed E-state index contributed by atoms with van der Waals surface area (Å²) >= 11 is 0. The summed E-state index contributed by atoms with van der Waals surface area (Å²) in [5.41, 5.74) is -1.24. The van der Waals surface area contributed by atoms with Gasteiger partial charge in [0.05, 0.1) is 5.25 Å². The van der Waals surface area contributed by atoms with Crippen molar-refractivity contribution in [3.8, 4) is 0 Å². The first kappa shape index (κ1) is 12.8. The van der Waals surface area contributed by atoms with Crippen molar-refractivity contribution in [2.24, 2.45) is 0 Å². The lowest BCUT2D eigenvalue weighted by Gasteiger charge is -2.43. The van der Waals surface area contributed by atoms with Gasteiger partial charge in [-0.1, -0.05) is 6.42 Å². The van der Waals surface area contributed by atoms with E-state index in [0.29, 0.717) is 25.8 Å². The molecule has 17 heavy (non-hydrogen) atoms. The smallest absolute Gasteiger partial charge is 0.324 e. The fourth-order valence-electron chi connectivity index (χ4n) is 2.57. The van der Waals surface area contributed by atoms with E-state index in [4.69, 9.17) is 0 Å². The average molecular weight is 261 g/mol. The summed E-state index contributed by atoms with van der Waals surface area (Å²) in [7, 11) is -3.43. The second-order valence-electron chi connectivity index (χ2n) is 5.21. The van der Waals surface area contributed by atoms with E-state index in [1.165, 1.54) is 11.2 Å². The van der Waals surface area contributed by atoms with Crippen LogP contribution in [0.25, 0.3) is 0 Å². The van der Waals surface area contributed by atoms with Gasteiger partial charge in [0.1, 0.15) is 5.54 Å². The van der Waals surface area contributed by atoms with E-state index < -0.39 is 21.5 Å². The molecule has 1 N–H and O–H groups in total. The van der Waals surface area contributed by atoms with Gasteiger partial charge in [0, 0.05) is 6.54 Å². The number of hydrogen-bond acceptors (Lipinski definition) is 3. The van der Waals surface area contributed by atoms with E-state index in [1.807, 2.05) is 0 Å². The molecule has 0 spiro atoms. The van der Waals surface area contributed by atoms with E-state index in [1.54, 1.807) is 0 Å². The van der Waals surface area contributed by atoms with E-state index in [9.17, 15) is 18.3 Å². The average Bonchev–Trinajstić information content (AvgIpc) is 2.14. The monoisotopic (exact) mass is 261 g/mol. The molecule has 0 amide bonds. The lowest BCUT2D eigenvalue weighted by atomic mass is 9.91. The van der Waals surface area contributed by atoms with Crippen molar-refractivity contribution in [1.29, 1.82) is 0 Å². The molecule has 1 heterocycles. The summed E-state index contributed by atoms with van der Waals surface area (Å²) in [6.07, 6.45) is 4.23. The third kappa shape index (κ3) is 1.97. The molecule has 0 radical (unpaired) electrons. The molecule has 2 rings (SSSR count). The molecule has 1 unspecified atom stereocenters. The van der Waals surface area contributed by atoms with Crippen molar-refractivity contribution in [3.05, 3.63) is 0 Å². The molecule has 5 nitrogen and oxygen atoms in total. The molecule has 1 atom stereocenters. The van der Waals surface area contributed by atoms with Crippen LogP contribution in [0.5, 0.6) is 0 Å². The first-order chi connectivity index (χ1) is 7.89. The van der Waals surface area contributed by atoms with Crippen LogP contribution in [-0.2, 0) is 14.8 Å². The molecule has 0 aromatic rings. The van der Waals surface area contributed by atoms with Crippen molar-refractivity contribution >= 4 is 16.0 Å². The predicted octanol–water partition coefficient (Wildman–Crippen LogP) is 1.20. The van der Waals surface area contributed by atoms with Crippen LogP contribution >= 0.6 is 0 Å². The summed E-state index contributed by atoms with van der Waals surface area (Å²) in [5.74, 6) is -1.03. The summed E-state index contributed by atoms with van der Waals surface area (Å²) in [6.45, 7) is 1.88. The fourth-order valence-corrected chi connectivity index (χ4v) is 4.97. The van der Waals surface area contributed by atoms with E-state index >= 15 is 0 Å². The van der Waals surface area contributed by atoms with Gasteiger partial charge in [-0.3, -0.25) is 4.79 Å². The maximum Gasteiger partial charge on any atom is 0.324 e. The maximum atomic E-state index is 12.4. The second kappa shape index (κ2) is 4.24. The number of aliphatic carboxylic acids is 1. The Morgan fingerprint density at radius 1 is 1.29 bits per heavy atom. The number of rotatable bonds is 3. The number of sulfonamides is 1. The zero-order chi connectivity index (χ0) is 12.7. The van der Waals surface area contributed by atoms with Crippen molar-refractivity contribution in [3.63, 3.8) is 0 Å². The SMILES string of the molecule is CC1(C(=O)O)CCCCN1S(=O)(=O)C1CCC1. The van der Waals surface area contributed by atoms with Gasteiger partial charge in [-0.05, 0) is 39.0 Å². The molecule has 0 aromatic carbocycles. The third-order valence-corrected chi connectivity index (χ3v) is 6.58. The largest absolute Gasteiger partial charge is 0.480 e. The Labute approximate surface area is 102 Å². The minimum absolute atomic E-state index is 0.348. The van der Waals surface area contributed by atoms with Gasteiger partial charge in [0.25, 0.3) is 0 Å². The zero-order valence-electron chi connectivity index (χ0n) is 10.1. The van der Waals surface area contributed by atoms with Crippen molar-refractivity contribution in [2.45, 2.75) is 56.2 Å². The predicted molar refractivity (Wildman–Crippen MR) is 63.2 cm³/mol. The van der Waals surface area contributed by atoms with Crippen LogP contribution in [0.4, 0.5) is 0 Å². The summed E-state index contributed by atoms with van der Waals surface area (Å²) in [6, 6.07) is 0. The minimum atomic E-state index is -3.43. The third-order valence-electron chi connectivity index (χ3n) is 4.07. The molecule has 6 heteroatoms. The van der Waals surface area contributed by atoms with Crippen LogP contribution in [0, 0.1) is 0 Å². The molecule has 0 aromatic heterocycles. The molecular weight excluding hydrogens is 242 g/mol. The highest BCUT2D eigenvalue weighted by atomic mass is 32.2. The van der Waals surface area contributed by atoms with Gasteiger partial charge in [-0.25, -0.2) is 8.42 Å². The van der Waals surface area contributed by atoms with Gasteiger partial charge in [0.15, 0.2) is 0 Å². The van der Waals surface area contributed by atoms with Gasteiger partial charge in [0.2, 0.25) is 10.0 Å². The van der Waals surface area contributed by atoms with E-state index in [-0.39, 0.29) is 5.25 Å². The van der Waals surface area contributed by atoms with Crippen LogP contribution in [0.3, 0.4) is 0 Å². The van der Waals surface area contributed by atoms with Crippen LogP contribution in [0.2, 0.25) is 0 Å². The molecule has 98 valence electrons. The van der Waals surface area contributed by atoms with Gasteiger partial charge in [-0.2, -0.15) is 4.31 Å². The molecule has 1 saturated carbocycles. The molecule has 1 saturated heterocycles. The standard InChI is InChI=1S/C11H19NO4S/c1-11(10(13)14)7-2-3-8-12(11)17(15,16)9-5-4-6-9/h9H,2-8H2,1H3,(H,13,14). The van der Waals surface area contributed by atoms with Gasteiger partial charge >= 0.3 is 5.97 Å². The number of carbonyl (C=O) groups is 1. The highest BCUT2D eigenvalue weighted by Gasteiger charge is 2.50. The number of carboxylic acid groups (broad SMARTS) is 1. The van der Waals surface area contributed by atoms with E-state index in [2.05, 4.69) is 0 Å². The molecule has 0 bridgehead atoms. The number of hydrogen-bond donors (Lipinski definition) is 1.